The second-order valence-corrected chi connectivity index (χ2v) is 4.42. The summed E-state index contributed by atoms with van der Waals surface area (Å²) in [5, 5.41) is 3.23. The first-order chi connectivity index (χ1) is 7.56. The van der Waals surface area contributed by atoms with Gasteiger partial charge in [-0.25, -0.2) is 0 Å². The van der Waals surface area contributed by atoms with Gasteiger partial charge >= 0.3 is 0 Å². The SMILES string of the molecule is CC(C)C(C)Nc1nc2ccc(N)cc2o1. The topological polar surface area (TPSA) is 64.1 Å². The van der Waals surface area contributed by atoms with E-state index in [4.69, 9.17) is 10.2 Å². The predicted molar refractivity (Wildman–Crippen MR) is 66.3 cm³/mol. The summed E-state index contributed by atoms with van der Waals surface area (Å²) in [6, 6.07) is 6.35. The smallest absolute Gasteiger partial charge is 0.295 e. The molecule has 86 valence electrons. The molecule has 0 spiro atoms. The van der Waals surface area contributed by atoms with Crippen molar-refractivity contribution in [2.24, 2.45) is 5.92 Å². The van der Waals surface area contributed by atoms with E-state index in [1.54, 1.807) is 6.07 Å². The fraction of sp³-hybridized carbons (Fsp3) is 0.417. The molecule has 16 heavy (non-hydrogen) atoms. The Balaban J connectivity index is 2.26. The Morgan fingerprint density at radius 3 is 2.75 bits per heavy atom. The molecule has 1 heterocycles. The quantitative estimate of drug-likeness (QED) is 0.779. The van der Waals surface area contributed by atoms with Crippen LogP contribution in [-0.2, 0) is 0 Å². The number of oxazole rings is 1. The molecule has 1 aromatic carbocycles. The van der Waals surface area contributed by atoms with E-state index in [9.17, 15) is 0 Å². The number of fused-ring (bicyclic) bond motifs is 1. The number of nitrogens with zero attached hydrogens (tertiary/aromatic N) is 1. The molecule has 0 aliphatic heterocycles. The van der Waals surface area contributed by atoms with Gasteiger partial charge in [-0.15, -0.1) is 0 Å². The number of hydrogen-bond donors (Lipinski definition) is 2. The Morgan fingerprint density at radius 2 is 2.06 bits per heavy atom. The lowest BCUT2D eigenvalue weighted by atomic mass is 10.1. The van der Waals surface area contributed by atoms with Crippen molar-refractivity contribution in [3.05, 3.63) is 18.2 Å². The molecule has 0 aliphatic carbocycles. The van der Waals surface area contributed by atoms with E-state index in [0.717, 1.165) is 11.1 Å². The maximum absolute atomic E-state index is 5.67. The van der Waals surface area contributed by atoms with Crippen LogP contribution < -0.4 is 11.1 Å². The minimum atomic E-state index is 0.324. The second-order valence-electron chi connectivity index (χ2n) is 4.42. The number of benzene rings is 1. The van der Waals surface area contributed by atoms with Crippen LogP contribution in [0.4, 0.5) is 11.7 Å². The number of nitrogen functional groups attached to an aromatic ring is 1. The predicted octanol–water partition coefficient (Wildman–Crippen LogP) is 2.87. The highest BCUT2D eigenvalue weighted by molar-refractivity contribution is 5.78. The Morgan fingerprint density at radius 1 is 1.31 bits per heavy atom. The summed E-state index contributed by atoms with van der Waals surface area (Å²) in [7, 11) is 0. The third kappa shape index (κ3) is 2.10. The standard InChI is InChI=1S/C12H17N3O/c1-7(2)8(3)14-12-15-10-5-4-9(13)6-11(10)16-12/h4-8H,13H2,1-3H3,(H,14,15). The Labute approximate surface area is 94.8 Å². The average molecular weight is 219 g/mol. The van der Waals surface area contributed by atoms with Crippen LogP contribution in [-0.4, -0.2) is 11.0 Å². The van der Waals surface area contributed by atoms with E-state index in [1.165, 1.54) is 0 Å². The number of rotatable bonds is 3. The lowest BCUT2D eigenvalue weighted by Gasteiger charge is -2.15. The molecule has 0 saturated carbocycles. The monoisotopic (exact) mass is 219 g/mol. The average Bonchev–Trinajstić information content (AvgIpc) is 2.58. The first kappa shape index (κ1) is 10.8. The van der Waals surface area contributed by atoms with Gasteiger partial charge in [0.15, 0.2) is 5.58 Å². The molecular formula is C12H17N3O. The molecule has 1 atom stereocenters. The van der Waals surface area contributed by atoms with Gasteiger partial charge in [0.05, 0.1) is 0 Å². The zero-order valence-corrected chi connectivity index (χ0v) is 9.82. The molecule has 0 amide bonds. The van der Waals surface area contributed by atoms with Gasteiger partial charge in [-0.1, -0.05) is 13.8 Å². The van der Waals surface area contributed by atoms with Crippen molar-refractivity contribution in [2.75, 3.05) is 11.1 Å². The van der Waals surface area contributed by atoms with Crippen molar-refractivity contribution in [1.82, 2.24) is 4.98 Å². The number of nitrogens with two attached hydrogens (primary N) is 1. The molecule has 0 aliphatic rings. The lowest BCUT2D eigenvalue weighted by Crippen LogP contribution is -2.21. The summed E-state index contributed by atoms with van der Waals surface area (Å²) in [5.74, 6) is 0.528. The molecule has 0 fully saturated rings. The first-order valence-electron chi connectivity index (χ1n) is 5.49. The van der Waals surface area contributed by atoms with Crippen molar-refractivity contribution in [1.29, 1.82) is 0 Å². The van der Waals surface area contributed by atoms with Crippen LogP contribution in [0.2, 0.25) is 0 Å². The normalized spacial score (nSPS) is 13.2. The van der Waals surface area contributed by atoms with Gasteiger partial charge in [-0.2, -0.15) is 4.98 Å². The van der Waals surface area contributed by atoms with Crippen LogP contribution in [0.25, 0.3) is 11.1 Å². The van der Waals surface area contributed by atoms with Crippen LogP contribution in [0.5, 0.6) is 0 Å². The Hall–Kier alpha value is -1.71. The fourth-order valence-electron chi connectivity index (χ4n) is 1.36. The lowest BCUT2D eigenvalue weighted by molar-refractivity contribution is 0.527. The highest BCUT2D eigenvalue weighted by Crippen LogP contribution is 2.22. The van der Waals surface area contributed by atoms with Crippen LogP contribution in [0.1, 0.15) is 20.8 Å². The van der Waals surface area contributed by atoms with Gasteiger partial charge in [-0.05, 0) is 25.0 Å². The number of hydrogen-bond acceptors (Lipinski definition) is 4. The largest absolute Gasteiger partial charge is 0.423 e. The van der Waals surface area contributed by atoms with Crippen LogP contribution >= 0.6 is 0 Å². The molecule has 1 unspecified atom stereocenters. The first-order valence-corrected chi connectivity index (χ1v) is 5.49. The van der Waals surface area contributed by atoms with Crippen LogP contribution in [0, 0.1) is 5.92 Å². The van der Waals surface area contributed by atoms with E-state index in [2.05, 4.69) is 31.1 Å². The number of aromatic nitrogens is 1. The molecule has 3 N–H and O–H groups in total. The van der Waals surface area contributed by atoms with E-state index in [1.807, 2.05) is 12.1 Å². The minimum absolute atomic E-state index is 0.324. The van der Waals surface area contributed by atoms with Gasteiger partial charge in [0.2, 0.25) is 0 Å². The summed E-state index contributed by atoms with van der Waals surface area (Å²) in [5.41, 5.74) is 7.91. The third-order valence-corrected chi connectivity index (χ3v) is 2.76. The molecule has 2 aromatic rings. The molecule has 4 nitrogen and oxygen atoms in total. The highest BCUT2D eigenvalue weighted by atomic mass is 16.4. The fourth-order valence-corrected chi connectivity index (χ4v) is 1.36. The van der Waals surface area contributed by atoms with Gasteiger partial charge < -0.3 is 15.5 Å². The Kier molecular flexibility index (Phi) is 2.73. The molecule has 0 saturated heterocycles. The summed E-state index contributed by atoms with van der Waals surface area (Å²) in [4.78, 5) is 4.34. The van der Waals surface area contributed by atoms with Crippen molar-refractivity contribution >= 4 is 22.8 Å². The molecule has 0 radical (unpaired) electrons. The van der Waals surface area contributed by atoms with Gasteiger partial charge in [-0.3, -0.25) is 0 Å². The Bertz CT molecular complexity index is 490. The van der Waals surface area contributed by atoms with E-state index < -0.39 is 0 Å². The summed E-state index contributed by atoms with van der Waals surface area (Å²) in [6.07, 6.45) is 0. The van der Waals surface area contributed by atoms with Crippen molar-refractivity contribution in [2.45, 2.75) is 26.8 Å². The van der Waals surface area contributed by atoms with Gasteiger partial charge in [0, 0.05) is 17.8 Å². The van der Waals surface area contributed by atoms with Crippen molar-refractivity contribution in [3.8, 4) is 0 Å². The summed E-state index contributed by atoms with van der Waals surface area (Å²) in [6.45, 7) is 6.41. The maximum Gasteiger partial charge on any atom is 0.295 e. The minimum Gasteiger partial charge on any atom is -0.423 e. The molecule has 2 rings (SSSR count). The number of nitrogens with one attached hydrogen (secondary N) is 1. The van der Waals surface area contributed by atoms with E-state index in [0.29, 0.717) is 23.7 Å². The van der Waals surface area contributed by atoms with Crippen LogP contribution in [0.3, 0.4) is 0 Å². The van der Waals surface area contributed by atoms with Crippen molar-refractivity contribution < 1.29 is 4.42 Å². The molecular weight excluding hydrogens is 202 g/mol. The zero-order chi connectivity index (χ0) is 11.7. The third-order valence-electron chi connectivity index (χ3n) is 2.76. The van der Waals surface area contributed by atoms with E-state index >= 15 is 0 Å². The van der Waals surface area contributed by atoms with E-state index in [-0.39, 0.29) is 0 Å². The second kappa shape index (κ2) is 4.04. The number of anilines is 2. The zero-order valence-electron chi connectivity index (χ0n) is 9.82. The molecule has 4 heteroatoms. The highest BCUT2D eigenvalue weighted by Gasteiger charge is 2.11. The summed E-state index contributed by atoms with van der Waals surface area (Å²) >= 11 is 0. The maximum atomic E-state index is 5.67. The summed E-state index contributed by atoms with van der Waals surface area (Å²) < 4.78 is 5.57. The molecule has 1 aromatic heterocycles. The van der Waals surface area contributed by atoms with Gasteiger partial charge in [0.1, 0.15) is 5.52 Å². The van der Waals surface area contributed by atoms with Crippen molar-refractivity contribution in [3.63, 3.8) is 0 Å². The van der Waals surface area contributed by atoms with Crippen LogP contribution in [0.15, 0.2) is 22.6 Å². The molecule has 0 bridgehead atoms. The van der Waals surface area contributed by atoms with Gasteiger partial charge in [0.25, 0.3) is 6.01 Å².